The summed E-state index contributed by atoms with van der Waals surface area (Å²) >= 11 is 1.70. The summed E-state index contributed by atoms with van der Waals surface area (Å²) in [6.45, 7) is 1.13. The summed E-state index contributed by atoms with van der Waals surface area (Å²) in [5, 5.41) is 9.36. The average molecular weight is 332 g/mol. The first-order valence-electron chi connectivity index (χ1n) is 8.26. The zero-order chi connectivity index (χ0) is 16.1. The minimum atomic E-state index is 0.0333. The Hall–Kier alpha value is -1.66. The van der Waals surface area contributed by atoms with Crippen molar-refractivity contribution in [1.29, 1.82) is 0 Å². The molecule has 1 N–H and O–H groups in total. The first kappa shape index (κ1) is 16.2. The van der Waals surface area contributed by atoms with Gasteiger partial charge in [0.05, 0.1) is 19.3 Å². The Kier molecular flexibility index (Phi) is 5.46. The van der Waals surface area contributed by atoms with Gasteiger partial charge >= 0.3 is 0 Å². The van der Waals surface area contributed by atoms with Crippen LogP contribution in [0.5, 0.6) is 0 Å². The summed E-state index contributed by atoms with van der Waals surface area (Å²) in [6.07, 6.45) is 8.04. The molecule has 0 spiro atoms. The van der Waals surface area contributed by atoms with Gasteiger partial charge in [0, 0.05) is 17.0 Å². The zero-order valence-corrected chi connectivity index (χ0v) is 14.4. The van der Waals surface area contributed by atoms with Gasteiger partial charge < -0.3 is 5.32 Å². The van der Waals surface area contributed by atoms with E-state index < -0.39 is 0 Å². The fourth-order valence-corrected chi connectivity index (χ4v) is 3.86. The fourth-order valence-electron chi connectivity index (χ4n) is 3.17. The number of hydrogen-bond donors (Lipinski definition) is 1. The number of thiophene rings is 1. The van der Waals surface area contributed by atoms with Gasteiger partial charge in [0.15, 0.2) is 0 Å². The van der Waals surface area contributed by atoms with E-state index in [0.717, 1.165) is 5.82 Å². The van der Waals surface area contributed by atoms with E-state index in [1.807, 2.05) is 16.8 Å². The molecule has 0 aromatic carbocycles. The highest BCUT2D eigenvalue weighted by atomic mass is 32.1. The summed E-state index contributed by atoms with van der Waals surface area (Å²) in [4.78, 5) is 15.7. The van der Waals surface area contributed by atoms with Crippen LogP contribution in [0.4, 0.5) is 5.82 Å². The summed E-state index contributed by atoms with van der Waals surface area (Å²) in [6, 6.07) is 6.51. The third-order valence-electron chi connectivity index (χ3n) is 4.46. The number of aromatic nitrogens is 2. The van der Waals surface area contributed by atoms with Gasteiger partial charge in [0.1, 0.15) is 5.82 Å². The van der Waals surface area contributed by atoms with Gasteiger partial charge in [-0.3, -0.25) is 9.69 Å². The first-order valence-corrected chi connectivity index (χ1v) is 9.14. The van der Waals surface area contributed by atoms with Gasteiger partial charge in [-0.25, -0.2) is 4.68 Å². The number of carbonyl (C=O) groups excluding carboxylic acids is 1. The third-order valence-corrected chi connectivity index (χ3v) is 5.32. The molecule has 1 aliphatic carbocycles. The molecule has 0 unspecified atom stereocenters. The van der Waals surface area contributed by atoms with E-state index in [9.17, 15) is 4.79 Å². The highest BCUT2D eigenvalue weighted by Gasteiger charge is 2.20. The van der Waals surface area contributed by atoms with Crippen molar-refractivity contribution < 1.29 is 4.79 Å². The highest BCUT2D eigenvalue weighted by Crippen LogP contribution is 2.21. The molecule has 1 fully saturated rings. The van der Waals surface area contributed by atoms with E-state index in [2.05, 4.69) is 33.8 Å². The van der Waals surface area contributed by atoms with Crippen molar-refractivity contribution in [3.63, 3.8) is 0 Å². The third kappa shape index (κ3) is 4.42. The van der Waals surface area contributed by atoms with Crippen LogP contribution in [0.25, 0.3) is 0 Å². The topological polar surface area (TPSA) is 50.2 Å². The lowest BCUT2D eigenvalue weighted by Gasteiger charge is -2.30. The Labute approximate surface area is 141 Å². The molecule has 124 valence electrons. The van der Waals surface area contributed by atoms with Crippen LogP contribution in [0.1, 0.15) is 37.0 Å². The zero-order valence-electron chi connectivity index (χ0n) is 13.6. The molecular weight excluding hydrogens is 308 g/mol. The summed E-state index contributed by atoms with van der Waals surface area (Å²) in [5.41, 5.74) is 0. The largest absolute Gasteiger partial charge is 0.310 e. The second kappa shape index (κ2) is 7.75. The van der Waals surface area contributed by atoms with Crippen LogP contribution in [-0.2, 0) is 11.3 Å². The van der Waals surface area contributed by atoms with Gasteiger partial charge in [-0.1, -0.05) is 25.3 Å². The Morgan fingerprint density at radius 1 is 1.39 bits per heavy atom. The van der Waals surface area contributed by atoms with Crippen molar-refractivity contribution in [2.75, 3.05) is 18.9 Å². The molecule has 0 atom stereocenters. The molecule has 2 aromatic rings. The maximum Gasteiger partial charge on any atom is 0.239 e. The van der Waals surface area contributed by atoms with E-state index >= 15 is 0 Å². The lowest BCUT2D eigenvalue weighted by molar-refractivity contribution is -0.117. The second-order valence-corrected chi connectivity index (χ2v) is 7.24. The Bertz CT molecular complexity index is 616. The SMILES string of the molecule is CN(CC(=O)Nc1ccnn1Cc1cccs1)C1CCCCC1. The van der Waals surface area contributed by atoms with Crippen LogP contribution < -0.4 is 5.32 Å². The van der Waals surface area contributed by atoms with E-state index in [1.54, 1.807) is 17.5 Å². The smallest absolute Gasteiger partial charge is 0.239 e. The van der Waals surface area contributed by atoms with Crippen molar-refractivity contribution >= 4 is 23.1 Å². The quantitative estimate of drug-likeness (QED) is 0.884. The monoisotopic (exact) mass is 332 g/mol. The van der Waals surface area contributed by atoms with Crippen molar-refractivity contribution in [2.45, 2.75) is 44.7 Å². The molecule has 0 aliphatic heterocycles. The summed E-state index contributed by atoms with van der Waals surface area (Å²) in [7, 11) is 2.05. The molecule has 1 aliphatic rings. The lowest BCUT2D eigenvalue weighted by atomic mass is 9.94. The second-order valence-electron chi connectivity index (χ2n) is 6.21. The van der Waals surface area contributed by atoms with Crippen LogP contribution in [-0.4, -0.2) is 40.2 Å². The molecule has 23 heavy (non-hydrogen) atoms. The molecule has 3 rings (SSSR count). The minimum absolute atomic E-state index is 0.0333. The van der Waals surface area contributed by atoms with Gasteiger partial charge in [-0.15, -0.1) is 11.3 Å². The molecule has 1 amide bonds. The lowest BCUT2D eigenvalue weighted by Crippen LogP contribution is -2.39. The van der Waals surface area contributed by atoms with E-state index in [-0.39, 0.29) is 5.91 Å². The number of nitrogens with zero attached hydrogens (tertiary/aromatic N) is 3. The van der Waals surface area contributed by atoms with Gasteiger partial charge in [-0.05, 0) is 31.3 Å². The van der Waals surface area contributed by atoms with Gasteiger partial charge in [0.2, 0.25) is 5.91 Å². The molecular formula is C17H24N4OS. The molecule has 0 bridgehead atoms. The maximum absolute atomic E-state index is 12.3. The molecule has 1 saturated carbocycles. The van der Waals surface area contributed by atoms with Crippen LogP contribution >= 0.6 is 11.3 Å². The van der Waals surface area contributed by atoms with Crippen molar-refractivity contribution in [2.24, 2.45) is 0 Å². The predicted octanol–water partition coefficient (Wildman–Crippen LogP) is 3.20. The van der Waals surface area contributed by atoms with Crippen molar-refractivity contribution in [1.82, 2.24) is 14.7 Å². The number of hydrogen-bond acceptors (Lipinski definition) is 4. The van der Waals surface area contributed by atoms with Crippen molar-refractivity contribution in [3.8, 4) is 0 Å². The van der Waals surface area contributed by atoms with Crippen LogP contribution in [0.3, 0.4) is 0 Å². The number of carbonyl (C=O) groups is 1. The van der Waals surface area contributed by atoms with Crippen LogP contribution in [0, 0.1) is 0 Å². The normalized spacial score (nSPS) is 15.9. The molecule has 5 nitrogen and oxygen atoms in total. The number of amides is 1. The van der Waals surface area contributed by atoms with E-state index in [0.29, 0.717) is 19.1 Å². The summed E-state index contributed by atoms with van der Waals surface area (Å²) < 4.78 is 1.84. The molecule has 0 radical (unpaired) electrons. The molecule has 2 heterocycles. The Morgan fingerprint density at radius 3 is 2.96 bits per heavy atom. The van der Waals surface area contributed by atoms with Crippen molar-refractivity contribution in [3.05, 3.63) is 34.7 Å². The highest BCUT2D eigenvalue weighted by molar-refractivity contribution is 7.09. The number of anilines is 1. The van der Waals surface area contributed by atoms with E-state index in [4.69, 9.17) is 0 Å². The Balaban J connectivity index is 1.54. The number of nitrogens with one attached hydrogen (secondary N) is 1. The predicted molar refractivity (Wildman–Crippen MR) is 93.8 cm³/mol. The fraction of sp³-hybridized carbons (Fsp3) is 0.529. The van der Waals surface area contributed by atoms with Crippen LogP contribution in [0.15, 0.2) is 29.8 Å². The van der Waals surface area contributed by atoms with Gasteiger partial charge in [-0.2, -0.15) is 5.10 Å². The number of likely N-dealkylation sites (N-methyl/N-ethyl adjacent to an activating group) is 1. The number of rotatable bonds is 6. The molecule has 6 heteroatoms. The first-order chi connectivity index (χ1) is 11.2. The molecule has 2 aromatic heterocycles. The minimum Gasteiger partial charge on any atom is -0.310 e. The van der Waals surface area contributed by atoms with E-state index in [1.165, 1.54) is 37.0 Å². The van der Waals surface area contributed by atoms with Crippen LogP contribution in [0.2, 0.25) is 0 Å². The maximum atomic E-state index is 12.3. The summed E-state index contributed by atoms with van der Waals surface area (Å²) in [5.74, 6) is 0.798. The Morgan fingerprint density at radius 2 is 2.22 bits per heavy atom. The molecule has 0 saturated heterocycles. The van der Waals surface area contributed by atoms with Gasteiger partial charge in [0.25, 0.3) is 0 Å². The standard InChI is InChI=1S/C17H24N4OS/c1-20(14-6-3-2-4-7-14)13-17(22)19-16-9-10-18-21(16)12-15-8-5-11-23-15/h5,8-11,14H,2-4,6-7,12-13H2,1H3,(H,19,22). The average Bonchev–Trinajstić information content (AvgIpc) is 3.21.